The van der Waals surface area contributed by atoms with Crippen molar-refractivity contribution in [2.75, 3.05) is 25.2 Å². The highest BCUT2D eigenvalue weighted by atomic mass is 16.5. The van der Waals surface area contributed by atoms with Crippen molar-refractivity contribution in [1.82, 2.24) is 4.98 Å². The third kappa shape index (κ3) is 2.00. The largest absolute Gasteiger partial charge is 0.481 e. The predicted molar refractivity (Wildman–Crippen MR) is 50.4 cm³/mol. The summed E-state index contributed by atoms with van der Waals surface area (Å²) in [5, 5.41) is 8.72. The fourth-order valence-electron chi connectivity index (χ4n) is 1.00. The number of ether oxygens (including phenoxy) is 1. The van der Waals surface area contributed by atoms with Crippen molar-refractivity contribution in [1.29, 1.82) is 0 Å². The molecule has 0 saturated heterocycles. The molecule has 0 saturated carbocycles. The van der Waals surface area contributed by atoms with Gasteiger partial charge in [0.05, 0.1) is 24.2 Å². The van der Waals surface area contributed by atoms with E-state index in [1.165, 1.54) is 7.11 Å². The first-order chi connectivity index (χ1) is 6.19. The molecule has 1 aromatic heterocycles. The van der Waals surface area contributed by atoms with Crippen LogP contribution in [-0.4, -0.2) is 23.8 Å². The van der Waals surface area contributed by atoms with Crippen molar-refractivity contribution in [3.8, 4) is 5.88 Å². The fourth-order valence-corrected chi connectivity index (χ4v) is 1.00. The maximum Gasteiger partial charge on any atom is 0.215 e. The van der Waals surface area contributed by atoms with Gasteiger partial charge in [0.25, 0.3) is 0 Å². The van der Waals surface area contributed by atoms with E-state index in [1.807, 2.05) is 0 Å². The third-order valence-corrected chi connectivity index (χ3v) is 1.70. The van der Waals surface area contributed by atoms with Crippen molar-refractivity contribution >= 4 is 11.4 Å². The van der Waals surface area contributed by atoms with E-state index in [1.54, 1.807) is 6.07 Å². The van der Waals surface area contributed by atoms with Gasteiger partial charge in [-0.2, -0.15) is 0 Å². The number of nitrogens with zero attached hydrogens (tertiary/aromatic N) is 1. The van der Waals surface area contributed by atoms with E-state index in [2.05, 4.69) is 4.98 Å². The number of rotatable bonds is 3. The molecule has 0 aliphatic rings. The summed E-state index contributed by atoms with van der Waals surface area (Å²) in [4.78, 5) is 4.05. The average Bonchev–Trinajstić information content (AvgIpc) is 2.13. The summed E-state index contributed by atoms with van der Waals surface area (Å²) in [6, 6.07) is 1.55. The summed E-state index contributed by atoms with van der Waals surface area (Å²) in [6.07, 6.45) is 0.382. The predicted octanol–water partition coefficient (Wildman–Crippen LogP) is -0.211. The molecule has 0 fully saturated rings. The van der Waals surface area contributed by atoms with Crippen molar-refractivity contribution < 1.29 is 9.84 Å². The second kappa shape index (κ2) is 3.95. The molecule has 0 aliphatic heterocycles. The van der Waals surface area contributed by atoms with Gasteiger partial charge in [-0.05, 0) is 0 Å². The van der Waals surface area contributed by atoms with Crippen LogP contribution in [0.5, 0.6) is 5.88 Å². The van der Waals surface area contributed by atoms with Crippen LogP contribution in [0.15, 0.2) is 6.07 Å². The zero-order chi connectivity index (χ0) is 9.84. The number of aliphatic hydroxyl groups is 1. The minimum Gasteiger partial charge on any atom is -0.481 e. The molecule has 1 heterocycles. The molecule has 5 nitrogen and oxygen atoms in total. The van der Waals surface area contributed by atoms with Crippen LogP contribution in [0.2, 0.25) is 0 Å². The van der Waals surface area contributed by atoms with Gasteiger partial charge in [-0.25, -0.2) is 4.98 Å². The van der Waals surface area contributed by atoms with Crippen molar-refractivity contribution in [2.45, 2.75) is 6.42 Å². The maximum atomic E-state index is 8.72. The lowest BCUT2D eigenvalue weighted by atomic mass is 10.2. The summed E-state index contributed by atoms with van der Waals surface area (Å²) < 4.78 is 4.91. The van der Waals surface area contributed by atoms with E-state index in [0.29, 0.717) is 29.4 Å². The van der Waals surface area contributed by atoms with E-state index >= 15 is 0 Å². The maximum absolute atomic E-state index is 8.72. The van der Waals surface area contributed by atoms with Crippen LogP contribution in [0.25, 0.3) is 0 Å². The van der Waals surface area contributed by atoms with Gasteiger partial charge in [-0.1, -0.05) is 0 Å². The molecule has 5 N–H and O–H groups in total. The Balaban J connectivity index is 3.09. The van der Waals surface area contributed by atoms with E-state index in [4.69, 9.17) is 21.3 Å². The van der Waals surface area contributed by atoms with Crippen molar-refractivity contribution in [3.63, 3.8) is 0 Å². The Morgan fingerprint density at radius 3 is 2.77 bits per heavy atom. The Morgan fingerprint density at radius 1 is 1.54 bits per heavy atom. The van der Waals surface area contributed by atoms with E-state index in [9.17, 15) is 0 Å². The van der Waals surface area contributed by atoms with E-state index in [-0.39, 0.29) is 6.61 Å². The smallest absolute Gasteiger partial charge is 0.215 e. The Morgan fingerprint density at radius 2 is 2.23 bits per heavy atom. The zero-order valence-electron chi connectivity index (χ0n) is 7.45. The minimum absolute atomic E-state index is 0.0101. The normalized spacial score (nSPS) is 10.0. The molecule has 5 heteroatoms. The Bertz CT molecular complexity index is 302. The van der Waals surface area contributed by atoms with Gasteiger partial charge >= 0.3 is 0 Å². The highest BCUT2D eigenvalue weighted by Crippen LogP contribution is 2.23. The molecule has 0 amide bonds. The van der Waals surface area contributed by atoms with Crippen LogP contribution in [0.3, 0.4) is 0 Å². The van der Waals surface area contributed by atoms with Gasteiger partial charge in [0.1, 0.15) is 0 Å². The van der Waals surface area contributed by atoms with Crippen molar-refractivity contribution in [3.05, 3.63) is 11.8 Å². The molecule has 72 valence electrons. The lowest BCUT2D eigenvalue weighted by Crippen LogP contribution is -2.05. The van der Waals surface area contributed by atoms with E-state index < -0.39 is 0 Å². The molecule has 0 radical (unpaired) electrons. The zero-order valence-corrected chi connectivity index (χ0v) is 7.45. The molecule has 0 aromatic carbocycles. The summed E-state index contributed by atoms with van der Waals surface area (Å²) in [5.74, 6) is 0.412. The Hall–Kier alpha value is -1.49. The number of hydrogen-bond donors (Lipinski definition) is 3. The molecular formula is C8H13N3O2. The molecule has 0 aliphatic carbocycles. The lowest BCUT2D eigenvalue weighted by Gasteiger charge is -2.08. The van der Waals surface area contributed by atoms with Crippen LogP contribution in [0.4, 0.5) is 11.4 Å². The van der Waals surface area contributed by atoms with Gasteiger partial charge in [-0.3, -0.25) is 0 Å². The molecule has 1 aromatic rings. The lowest BCUT2D eigenvalue weighted by molar-refractivity contribution is 0.297. The number of methoxy groups -OCH3 is 1. The minimum atomic E-state index is -0.0101. The molecule has 1 rings (SSSR count). The SMILES string of the molecule is COc1cc(N)c(N)c(CCO)n1. The van der Waals surface area contributed by atoms with Gasteiger partial charge in [0, 0.05) is 19.1 Å². The number of aliphatic hydroxyl groups excluding tert-OH is 1. The van der Waals surface area contributed by atoms with Crippen LogP contribution in [0.1, 0.15) is 5.69 Å². The number of nitrogen functional groups attached to an aromatic ring is 2. The summed E-state index contributed by atoms with van der Waals surface area (Å²) in [5.41, 5.74) is 12.6. The number of anilines is 2. The highest BCUT2D eigenvalue weighted by Gasteiger charge is 2.07. The molecular weight excluding hydrogens is 170 g/mol. The Labute approximate surface area is 76.3 Å². The molecule has 0 bridgehead atoms. The molecule has 13 heavy (non-hydrogen) atoms. The fraction of sp³-hybridized carbons (Fsp3) is 0.375. The van der Waals surface area contributed by atoms with Crippen LogP contribution >= 0.6 is 0 Å². The summed E-state index contributed by atoms with van der Waals surface area (Å²) >= 11 is 0. The Kier molecular flexibility index (Phi) is 2.92. The van der Waals surface area contributed by atoms with Gasteiger partial charge in [0.15, 0.2) is 0 Å². The van der Waals surface area contributed by atoms with E-state index in [0.717, 1.165) is 0 Å². The quantitative estimate of drug-likeness (QED) is 0.602. The second-order valence-electron chi connectivity index (χ2n) is 2.59. The van der Waals surface area contributed by atoms with Crippen LogP contribution in [-0.2, 0) is 6.42 Å². The molecule has 0 atom stereocenters. The summed E-state index contributed by atoms with van der Waals surface area (Å²) in [7, 11) is 1.50. The monoisotopic (exact) mass is 183 g/mol. The summed E-state index contributed by atoms with van der Waals surface area (Å²) in [6.45, 7) is -0.0101. The van der Waals surface area contributed by atoms with Gasteiger partial charge in [-0.15, -0.1) is 0 Å². The highest BCUT2D eigenvalue weighted by molar-refractivity contribution is 5.66. The number of hydrogen-bond acceptors (Lipinski definition) is 5. The first kappa shape index (κ1) is 9.60. The van der Waals surface area contributed by atoms with Gasteiger partial charge in [0.2, 0.25) is 5.88 Å². The standard InChI is InChI=1S/C8H13N3O2/c1-13-7-4-5(9)8(10)6(11-7)2-3-12/h4,12H,2-3,10H2,1H3,(H2,9,11). The molecule has 0 unspecified atom stereocenters. The number of pyridine rings is 1. The average molecular weight is 183 g/mol. The van der Waals surface area contributed by atoms with Gasteiger partial charge < -0.3 is 21.3 Å². The number of aromatic nitrogens is 1. The number of nitrogens with two attached hydrogens (primary N) is 2. The first-order valence-corrected chi connectivity index (χ1v) is 3.88. The van der Waals surface area contributed by atoms with Crippen molar-refractivity contribution in [2.24, 2.45) is 0 Å². The van der Waals surface area contributed by atoms with Crippen LogP contribution in [0, 0.1) is 0 Å². The first-order valence-electron chi connectivity index (χ1n) is 3.88. The second-order valence-corrected chi connectivity index (χ2v) is 2.59. The third-order valence-electron chi connectivity index (χ3n) is 1.70. The van der Waals surface area contributed by atoms with Crippen LogP contribution < -0.4 is 16.2 Å². The topological polar surface area (TPSA) is 94.4 Å². The molecule has 0 spiro atoms.